The number of fused-ring (bicyclic) bond motifs is 1. The number of benzene rings is 3. The van der Waals surface area contributed by atoms with Crippen molar-refractivity contribution in [1.82, 2.24) is 10.3 Å². The van der Waals surface area contributed by atoms with E-state index in [1.807, 2.05) is 31.2 Å². The Bertz CT molecular complexity index is 1570. The molecule has 1 saturated carbocycles. The third kappa shape index (κ3) is 7.02. The van der Waals surface area contributed by atoms with Crippen molar-refractivity contribution >= 4 is 74.0 Å². The molecule has 1 aromatic heterocycles. The van der Waals surface area contributed by atoms with Crippen LogP contribution >= 0.6 is 34.7 Å². The van der Waals surface area contributed by atoms with Crippen LogP contribution in [0.5, 0.6) is 0 Å². The number of thiazole rings is 1. The van der Waals surface area contributed by atoms with E-state index in [0.29, 0.717) is 27.5 Å². The molecule has 5 rings (SSSR count). The Kier molecular flexibility index (Phi) is 9.04. The van der Waals surface area contributed by atoms with Crippen LogP contribution < -0.4 is 16.0 Å². The van der Waals surface area contributed by atoms with Crippen LogP contribution in [-0.2, 0) is 4.79 Å². The molecule has 0 atom stereocenters. The molecule has 40 heavy (non-hydrogen) atoms. The molecule has 3 N–H and O–H groups in total. The summed E-state index contributed by atoms with van der Waals surface area (Å²) in [7, 11) is 0. The number of rotatable bonds is 8. The van der Waals surface area contributed by atoms with Crippen LogP contribution in [0.2, 0.25) is 5.02 Å². The first-order valence-corrected chi connectivity index (χ1v) is 15.3. The molecule has 0 unspecified atom stereocenters. The molecule has 7 nitrogen and oxygen atoms in total. The molecular formula is C30H29ClN4O3S2. The second kappa shape index (κ2) is 12.8. The zero-order valence-corrected chi connectivity index (χ0v) is 24.3. The highest BCUT2D eigenvalue weighted by Crippen LogP contribution is 2.32. The van der Waals surface area contributed by atoms with Gasteiger partial charge in [-0.15, -0.1) is 11.3 Å². The summed E-state index contributed by atoms with van der Waals surface area (Å²) in [6, 6.07) is 17.9. The van der Waals surface area contributed by atoms with E-state index >= 15 is 0 Å². The van der Waals surface area contributed by atoms with Gasteiger partial charge in [-0.3, -0.25) is 14.4 Å². The van der Waals surface area contributed by atoms with Gasteiger partial charge in [0.1, 0.15) is 0 Å². The number of carbonyl (C=O) groups excluding carboxylic acids is 3. The maximum Gasteiger partial charge on any atom is 0.256 e. The van der Waals surface area contributed by atoms with E-state index in [2.05, 4.69) is 20.9 Å². The van der Waals surface area contributed by atoms with Crippen LogP contribution in [0.4, 0.5) is 11.4 Å². The van der Waals surface area contributed by atoms with Crippen molar-refractivity contribution in [3.8, 4) is 0 Å². The van der Waals surface area contributed by atoms with Crippen LogP contribution in [-0.4, -0.2) is 34.5 Å². The van der Waals surface area contributed by atoms with Crippen molar-refractivity contribution in [2.24, 2.45) is 0 Å². The molecule has 1 aliphatic carbocycles. The summed E-state index contributed by atoms with van der Waals surface area (Å²) in [6.45, 7) is 1.91. The SMILES string of the molecule is Cc1ccc(NC(=O)CSc2nc3ccc(NC(=O)c4ccccc4C(=O)NC4CCCCC4)cc3s2)cc1Cl. The Morgan fingerprint density at radius 1 is 0.925 bits per heavy atom. The molecule has 3 aromatic carbocycles. The van der Waals surface area contributed by atoms with Crippen LogP contribution in [0.1, 0.15) is 58.4 Å². The second-order valence-electron chi connectivity index (χ2n) is 9.77. The van der Waals surface area contributed by atoms with Crippen molar-refractivity contribution in [2.75, 3.05) is 16.4 Å². The van der Waals surface area contributed by atoms with Gasteiger partial charge in [-0.1, -0.05) is 60.8 Å². The van der Waals surface area contributed by atoms with Crippen molar-refractivity contribution < 1.29 is 14.4 Å². The predicted molar refractivity (Wildman–Crippen MR) is 164 cm³/mol. The van der Waals surface area contributed by atoms with Crippen molar-refractivity contribution in [2.45, 2.75) is 49.4 Å². The summed E-state index contributed by atoms with van der Waals surface area (Å²) in [6.07, 6.45) is 5.38. The number of halogens is 1. The van der Waals surface area contributed by atoms with Crippen LogP contribution in [0.15, 0.2) is 65.0 Å². The Hall–Kier alpha value is -3.40. The van der Waals surface area contributed by atoms with E-state index in [0.717, 1.165) is 45.8 Å². The number of aryl methyl sites for hydroxylation is 1. The third-order valence-electron chi connectivity index (χ3n) is 6.77. The number of hydrogen-bond acceptors (Lipinski definition) is 6. The number of amides is 3. The number of thioether (sulfide) groups is 1. The van der Waals surface area contributed by atoms with Gasteiger partial charge in [-0.05, 0) is 67.8 Å². The van der Waals surface area contributed by atoms with Crippen molar-refractivity contribution in [3.05, 3.63) is 82.4 Å². The predicted octanol–water partition coefficient (Wildman–Crippen LogP) is 7.30. The first-order valence-electron chi connectivity index (χ1n) is 13.2. The van der Waals surface area contributed by atoms with Crippen LogP contribution in [0, 0.1) is 6.92 Å². The minimum absolute atomic E-state index is 0.150. The molecule has 1 aliphatic rings. The summed E-state index contributed by atoms with van der Waals surface area (Å²) in [5.74, 6) is -0.509. The molecule has 1 heterocycles. The maximum absolute atomic E-state index is 13.2. The van der Waals surface area contributed by atoms with E-state index < -0.39 is 0 Å². The molecule has 0 radical (unpaired) electrons. The zero-order valence-electron chi connectivity index (χ0n) is 22.0. The monoisotopic (exact) mass is 592 g/mol. The molecule has 0 spiro atoms. The fourth-order valence-electron chi connectivity index (χ4n) is 4.63. The van der Waals surface area contributed by atoms with Gasteiger partial charge in [0.05, 0.1) is 27.1 Å². The van der Waals surface area contributed by atoms with E-state index in [4.69, 9.17) is 11.6 Å². The van der Waals surface area contributed by atoms with Gasteiger partial charge < -0.3 is 16.0 Å². The molecule has 0 bridgehead atoms. The number of nitrogens with zero attached hydrogens (tertiary/aromatic N) is 1. The summed E-state index contributed by atoms with van der Waals surface area (Å²) in [4.78, 5) is 43.2. The fourth-order valence-corrected chi connectivity index (χ4v) is 6.71. The van der Waals surface area contributed by atoms with E-state index in [1.165, 1.54) is 29.5 Å². The quantitative estimate of drug-likeness (QED) is 0.186. The Labute approximate surface area is 246 Å². The highest BCUT2D eigenvalue weighted by molar-refractivity contribution is 8.01. The third-order valence-corrected chi connectivity index (χ3v) is 9.33. The smallest absolute Gasteiger partial charge is 0.256 e. The van der Waals surface area contributed by atoms with Crippen molar-refractivity contribution in [3.63, 3.8) is 0 Å². The highest BCUT2D eigenvalue weighted by Gasteiger charge is 2.21. The largest absolute Gasteiger partial charge is 0.349 e. The second-order valence-corrected chi connectivity index (χ2v) is 12.4. The maximum atomic E-state index is 13.2. The lowest BCUT2D eigenvalue weighted by atomic mass is 9.95. The zero-order chi connectivity index (χ0) is 28.1. The summed E-state index contributed by atoms with van der Waals surface area (Å²) in [5, 5.41) is 9.47. The summed E-state index contributed by atoms with van der Waals surface area (Å²) < 4.78 is 1.63. The van der Waals surface area contributed by atoms with Gasteiger partial charge in [0.15, 0.2) is 4.34 Å². The van der Waals surface area contributed by atoms with Gasteiger partial charge in [0, 0.05) is 22.4 Å². The van der Waals surface area contributed by atoms with Gasteiger partial charge >= 0.3 is 0 Å². The molecule has 10 heteroatoms. The topological polar surface area (TPSA) is 100 Å². The number of nitrogens with one attached hydrogen (secondary N) is 3. The normalized spacial score (nSPS) is 13.7. The Morgan fingerprint density at radius 2 is 1.62 bits per heavy atom. The lowest BCUT2D eigenvalue weighted by Crippen LogP contribution is -2.37. The van der Waals surface area contributed by atoms with Crippen LogP contribution in [0.25, 0.3) is 10.2 Å². The molecule has 206 valence electrons. The van der Waals surface area contributed by atoms with E-state index in [1.54, 1.807) is 36.4 Å². The summed E-state index contributed by atoms with van der Waals surface area (Å²) in [5.41, 5.74) is 3.69. The minimum Gasteiger partial charge on any atom is -0.349 e. The highest BCUT2D eigenvalue weighted by atomic mass is 35.5. The standard InChI is InChI=1S/C30H29ClN4O3S2/c1-18-11-12-20(15-24(18)31)32-27(36)17-39-30-35-25-14-13-21(16-26(25)40-30)34-29(38)23-10-6-5-9-22(23)28(37)33-19-7-3-2-4-8-19/h5-6,9-16,19H,2-4,7-8,17H2,1H3,(H,32,36)(H,33,37)(H,34,38). The molecule has 0 aliphatic heterocycles. The Morgan fingerprint density at radius 3 is 2.38 bits per heavy atom. The number of anilines is 2. The number of carbonyl (C=O) groups is 3. The first-order chi connectivity index (χ1) is 19.4. The van der Waals surface area contributed by atoms with E-state index in [9.17, 15) is 14.4 Å². The minimum atomic E-state index is -0.347. The van der Waals surface area contributed by atoms with Gasteiger partial charge in [-0.25, -0.2) is 4.98 Å². The van der Waals surface area contributed by atoms with Crippen LogP contribution in [0.3, 0.4) is 0 Å². The molecule has 0 saturated heterocycles. The Balaban J connectivity index is 1.21. The molecule has 4 aromatic rings. The lowest BCUT2D eigenvalue weighted by Gasteiger charge is -2.23. The van der Waals surface area contributed by atoms with Gasteiger partial charge in [-0.2, -0.15) is 0 Å². The molecule has 1 fully saturated rings. The van der Waals surface area contributed by atoms with E-state index in [-0.39, 0.29) is 29.5 Å². The number of aromatic nitrogens is 1. The number of hydrogen-bond donors (Lipinski definition) is 3. The van der Waals surface area contributed by atoms with Crippen molar-refractivity contribution in [1.29, 1.82) is 0 Å². The average molecular weight is 593 g/mol. The molecular weight excluding hydrogens is 564 g/mol. The fraction of sp³-hybridized carbons (Fsp3) is 0.267. The van der Waals surface area contributed by atoms with Gasteiger partial charge in [0.2, 0.25) is 5.91 Å². The lowest BCUT2D eigenvalue weighted by molar-refractivity contribution is -0.113. The van der Waals surface area contributed by atoms with Gasteiger partial charge in [0.25, 0.3) is 11.8 Å². The first kappa shape index (κ1) is 28.1. The summed E-state index contributed by atoms with van der Waals surface area (Å²) >= 11 is 8.94. The molecule has 3 amide bonds. The average Bonchev–Trinajstić information content (AvgIpc) is 3.37.